The van der Waals surface area contributed by atoms with Crippen LogP contribution in [0, 0.1) is 5.92 Å². The zero-order valence-corrected chi connectivity index (χ0v) is 11.9. The predicted molar refractivity (Wildman–Crippen MR) is 72.0 cm³/mol. The number of nitrogens with one attached hydrogen (secondary N) is 2. The second kappa shape index (κ2) is 8.13. The minimum Gasteiger partial charge on any atom is -0.370 e. The molecule has 0 fully saturated rings. The van der Waals surface area contributed by atoms with Crippen molar-refractivity contribution in [1.82, 2.24) is 10.6 Å². The molecule has 8 nitrogen and oxygen atoms in total. The van der Waals surface area contributed by atoms with E-state index < -0.39 is 35.7 Å². The normalized spacial score (nSPS) is 14.8. The van der Waals surface area contributed by atoms with Gasteiger partial charge in [0.25, 0.3) is 0 Å². The topological polar surface area (TPSA) is 144 Å². The fourth-order valence-electron chi connectivity index (χ4n) is 1.64. The van der Waals surface area contributed by atoms with Gasteiger partial charge in [-0.2, -0.15) is 0 Å². The van der Waals surface area contributed by atoms with Crippen LogP contribution in [-0.4, -0.2) is 35.7 Å². The van der Waals surface area contributed by atoms with E-state index in [0.29, 0.717) is 6.42 Å². The SMILES string of the molecule is CC[C@H](C)[C@H](NC(=O)[C@H](CC(N)=O)NC(C)=O)C(N)=O. The largest absolute Gasteiger partial charge is 0.370 e. The predicted octanol–water partition coefficient (Wildman–Crippen LogP) is -1.62. The average molecular weight is 286 g/mol. The number of rotatable bonds is 8. The van der Waals surface area contributed by atoms with E-state index in [1.165, 1.54) is 6.92 Å². The van der Waals surface area contributed by atoms with Crippen LogP contribution in [0.4, 0.5) is 0 Å². The van der Waals surface area contributed by atoms with Crippen LogP contribution in [0.1, 0.15) is 33.6 Å². The van der Waals surface area contributed by atoms with Gasteiger partial charge in [0.1, 0.15) is 12.1 Å². The molecule has 0 aliphatic carbocycles. The quantitative estimate of drug-likeness (QED) is 0.425. The molecule has 0 aromatic heterocycles. The molecule has 20 heavy (non-hydrogen) atoms. The molecular formula is C12H22N4O4. The van der Waals surface area contributed by atoms with E-state index in [2.05, 4.69) is 10.6 Å². The van der Waals surface area contributed by atoms with Gasteiger partial charge in [0.05, 0.1) is 6.42 Å². The first-order valence-corrected chi connectivity index (χ1v) is 6.34. The highest BCUT2D eigenvalue weighted by Gasteiger charge is 2.28. The Labute approximate surface area is 117 Å². The smallest absolute Gasteiger partial charge is 0.243 e. The van der Waals surface area contributed by atoms with Crippen LogP contribution in [0.15, 0.2) is 0 Å². The van der Waals surface area contributed by atoms with E-state index in [0.717, 1.165) is 0 Å². The minimum atomic E-state index is -1.11. The molecule has 0 aliphatic heterocycles. The standard InChI is InChI=1S/C12H22N4O4/c1-4-6(2)10(11(14)19)16-12(20)8(5-9(13)18)15-7(3)17/h6,8,10H,4-5H2,1-3H3,(H2,13,18)(H2,14,19)(H,15,17)(H,16,20)/t6-,8-,10-/m0/s1. The van der Waals surface area contributed by atoms with Crippen LogP contribution in [0.3, 0.4) is 0 Å². The summed E-state index contributed by atoms with van der Waals surface area (Å²) < 4.78 is 0. The maximum absolute atomic E-state index is 12.0. The third-order valence-corrected chi connectivity index (χ3v) is 2.92. The molecule has 8 heteroatoms. The third-order valence-electron chi connectivity index (χ3n) is 2.92. The summed E-state index contributed by atoms with van der Waals surface area (Å²) in [5, 5.41) is 4.75. The van der Waals surface area contributed by atoms with Gasteiger partial charge in [0.2, 0.25) is 23.6 Å². The van der Waals surface area contributed by atoms with E-state index in [9.17, 15) is 19.2 Å². The van der Waals surface area contributed by atoms with Gasteiger partial charge in [0, 0.05) is 6.92 Å². The Morgan fingerprint density at radius 1 is 1.10 bits per heavy atom. The Kier molecular flexibility index (Phi) is 7.27. The van der Waals surface area contributed by atoms with Gasteiger partial charge >= 0.3 is 0 Å². The van der Waals surface area contributed by atoms with E-state index in [1.807, 2.05) is 6.92 Å². The van der Waals surface area contributed by atoms with Gasteiger partial charge in [-0.1, -0.05) is 20.3 Å². The van der Waals surface area contributed by atoms with Crippen molar-refractivity contribution >= 4 is 23.6 Å². The molecule has 0 rings (SSSR count). The van der Waals surface area contributed by atoms with Crippen molar-refractivity contribution in [3.63, 3.8) is 0 Å². The lowest BCUT2D eigenvalue weighted by Gasteiger charge is -2.24. The van der Waals surface area contributed by atoms with Gasteiger partial charge < -0.3 is 22.1 Å². The molecule has 0 aromatic carbocycles. The molecule has 6 N–H and O–H groups in total. The van der Waals surface area contributed by atoms with E-state index in [-0.39, 0.29) is 12.3 Å². The first-order chi connectivity index (χ1) is 9.18. The number of hydrogen-bond acceptors (Lipinski definition) is 4. The summed E-state index contributed by atoms with van der Waals surface area (Å²) in [5.41, 5.74) is 10.3. The Bertz CT molecular complexity index is 381. The van der Waals surface area contributed by atoms with Gasteiger partial charge in [-0.3, -0.25) is 19.2 Å². The average Bonchev–Trinajstić information content (AvgIpc) is 2.32. The van der Waals surface area contributed by atoms with Crippen LogP contribution in [0.25, 0.3) is 0 Å². The summed E-state index contributed by atoms with van der Waals surface area (Å²) in [6.45, 7) is 4.82. The van der Waals surface area contributed by atoms with Crippen LogP contribution >= 0.6 is 0 Å². The summed E-state index contributed by atoms with van der Waals surface area (Å²) in [6.07, 6.45) is 0.284. The fourth-order valence-corrected chi connectivity index (χ4v) is 1.64. The lowest BCUT2D eigenvalue weighted by molar-refractivity contribution is -0.133. The Morgan fingerprint density at radius 2 is 1.65 bits per heavy atom. The molecule has 3 atom stereocenters. The summed E-state index contributed by atoms with van der Waals surface area (Å²) in [4.78, 5) is 45.3. The van der Waals surface area contributed by atoms with Crippen molar-refractivity contribution in [2.45, 2.75) is 45.7 Å². The highest BCUT2D eigenvalue weighted by atomic mass is 16.2. The van der Waals surface area contributed by atoms with E-state index in [4.69, 9.17) is 11.5 Å². The van der Waals surface area contributed by atoms with Crippen LogP contribution in [0.2, 0.25) is 0 Å². The minimum absolute atomic E-state index is 0.164. The highest BCUT2D eigenvalue weighted by Crippen LogP contribution is 2.08. The summed E-state index contributed by atoms with van der Waals surface area (Å²) in [7, 11) is 0. The number of nitrogens with two attached hydrogens (primary N) is 2. The first-order valence-electron chi connectivity index (χ1n) is 6.34. The molecular weight excluding hydrogens is 264 g/mol. The van der Waals surface area contributed by atoms with Crippen molar-refractivity contribution in [3.05, 3.63) is 0 Å². The second-order valence-corrected chi connectivity index (χ2v) is 4.70. The number of hydrogen-bond donors (Lipinski definition) is 4. The Hall–Kier alpha value is -2.12. The Balaban J connectivity index is 4.91. The molecule has 0 radical (unpaired) electrons. The van der Waals surface area contributed by atoms with Crippen LogP contribution < -0.4 is 22.1 Å². The van der Waals surface area contributed by atoms with Crippen molar-refractivity contribution in [2.24, 2.45) is 17.4 Å². The summed E-state index contributed by atoms with van der Waals surface area (Å²) >= 11 is 0. The lowest BCUT2D eigenvalue weighted by Crippen LogP contribution is -2.55. The lowest BCUT2D eigenvalue weighted by atomic mass is 9.98. The van der Waals surface area contributed by atoms with Crippen LogP contribution in [0.5, 0.6) is 0 Å². The number of carbonyl (C=O) groups excluding carboxylic acids is 4. The first kappa shape index (κ1) is 17.9. The third kappa shape index (κ3) is 6.17. The maximum atomic E-state index is 12.0. The summed E-state index contributed by atoms with van der Waals surface area (Å²) in [5.74, 6) is -2.72. The van der Waals surface area contributed by atoms with E-state index >= 15 is 0 Å². The molecule has 0 heterocycles. The van der Waals surface area contributed by atoms with E-state index in [1.54, 1.807) is 6.92 Å². The summed E-state index contributed by atoms with van der Waals surface area (Å²) in [6, 6.07) is -1.98. The van der Waals surface area contributed by atoms with Crippen molar-refractivity contribution in [1.29, 1.82) is 0 Å². The molecule has 114 valence electrons. The number of carbonyl (C=O) groups is 4. The van der Waals surface area contributed by atoms with Crippen molar-refractivity contribution in [2.75, 3.05) is 0 Å². The molecule has 0 aliphatic rings. The van der Waals surface area contributed by atoms with Crippen molar-refractivity contribution < 1.29 is 19.2 Å². The fraction of sp³-hybridized carbons (Fsp3) is 0.667. The Morgan fingerprint density at radius 3 is 2.00 bits per heavy atom. The molecule has 0 bridgehead atoms. The van der Waals surface area contributed by atoms with Gasteiger partial charge in [-0.15, -0.1) is 0 Å². The van der Waals surface area contributed by atoms with Crippen molar-refractivity contribution in [3.8, 4) is 0 Å². The van der Waals surface area contributed by atoms with Gasteiger partial charge in [0.15, 0.2) is 0 Å². The number of amides is 4. The maximum Gasteiger partial charge on any atom is 0.243 e. The van der Waals surface area contributed by atoms with Gasteiger partial charge in [-0.05, 0) is 5.92 Å². The monoisotopic (exact) mass is 286 g/mol. The van der Waals surface area contributed by atoms with Gasteiger partial charge in [-0.25, -0.2) is 0 Å². The van der Waals surface area contributed by atoms with Crippen LogP contribution in [-0.2, 0) is 19.2 Å². The molecule has 4 amide bonds. The zero-order valence-electron chi connectivity index (χ0n) is 11.9. The molecule has 0 saturated carbocycles. The molecule has 0 aromatic rings. The second-order valence-electron chi connectivity index (χ2n) is 4.70. The number of primary amides is 2. The molecule has 0 saturated heterocycles. The molecule has 0 unspecified atom stereocenters. The highest BCUT2D eigenvalue weighted by molar-refractivity contribution is 5.94. The molecule has 0 spiro atoms. The zero-order chi connectivity index (χ0) is 15.9.